The van der Waals surface area contributed by atoms with Crippen LogP contribution in [0.1, 0.15) is 0 Å². The van der Waals surface area contributed by atoms with Crippen LogP contribution in [0.15, 0.2) is 224 Å². The molecule has 0 aliphatic carbocycles. The van der Waals surface area contributed by atoms with Gasteiger partial charge in [0.2, 0.25) is 0 Å². The van der Waals surface area contributed by atoms with E-state index < -0.39 is 0 Å². The van der Waals surface area contributed by atoms with Gasteiger partial charge >= 0.3 is 0 Å². The van der Waals surface area contributed by atoms with Crippen molar-refractivity contribution in [2.45, 2.75) is 0 Å². The third-order valence-corrected chi connectivity index (χ3v) is 12.1. The summed E-state index contributed by atoms with van der Waals surface area (Å²) in [4.78, 5) is 2.46. The normalized spacial score (nSPS) is 11.7. The zero-order valence-corrected chi connectivity index (χ0v) is 32.2. The first-order valence-electron chi connectivity index (χ1n) is 20.3. The van der Waals surface area contributed by atoms with Crippen molar-refractivity contribution in [2.75, 3.05) is 4.90 Å². The van der Waals surface area contributed by atoms with Crippen LogP contribution >= 0.6 is 0 Å². The summed E-state index contributed by atoms with van der Waals surface area (Å²) in [6.07, 6.45) is 0. The van der Waals surface area contributed by atoms with Crippen molar-refractivity contribution in [2.24, 2.45) is 0 Å². The summed E-state index contributed by atoms with van der Waals surface area (Å²) in [5.74, 6) is 0. The molecule has 0 aliphatic rings. The lowest BCUT2D eigenvalue weighted by atomic mass is 9.90. The maximum absolute atomic E-state index is 2.46. The molecule has 0 saturated carbocycles. The third-order valence-electron chi connectivity index (χ3n) is 12.1. The molecule has 0 spiro atoms. The highest BCUT2D eigenvalue weighted by Gasteiger charge is 2.23. The molecule has 0 saturated heterocycles. The van der Waals surface area contributed by atoms with Gasteiger partial charge in [-0.3, -0.25) is 0 Å². The number of benzene rings is 10. The zero-order valence-electron chi connectivity index (χ0n) is 32.2. The lowest BCUT2D eigenvalue weighted by molar-refractivity contribution is 1.17. The highest BCUT2D eigenvalue weighted by Crippen LogP contribution is 2.48. The second-order valence-corrected chi connectivity index (χ2v) is 15.3. The van der Waals surface area contributed by atoms with Crippen LogP contribution in [0, 0.1) is 0 Å². The molecule has 12 rings (SSSR count). The van der Waals surface area contributed by atoms with Crippen molar-refractivity contribution >= 4 is 82.2 Å². The molecular formula is C56H37N3. The van der Waals surface area contributed by atoms with Crippen LogP contribution in [0.2, 0.25) is 0 Å². The van der Waals surface area contributed by atoms with E-state index in [1.807, 2.05) is 0 Å². The van der Waals surface area contributed by atoms with Gasteiger partial charge in [0.25, 0.3) is 0 Å². The van der Waals surface area contributed by atoms with Crippen LogP contribution in [-0.2, 0) is 0 Å². The maximum Gasteiger partial charge on any atom is 0.0618 e. The second kappa shape index (κ2) is 13.4. The van der Waals surface area contributed by atoms with Crippen LogP contribution in [0.4, 0.5) is 17.1 Å². The Morgan fingerprint density at radius 3 is 0.932 bits per heavy atom. The predicted octanol–water partition coefficient (Wildman–Crippen LogP) is 15.3. The average Bonchev–Trinajstić information content (AvgIpc) is 3.83. The van der Waals surface area contributed by atoms with E-state index in [0.717, 1.165) is 28.4 Å². The molecule has 0 radical (unpaired) electrons. The number of anilines is 3. The first-order valence-corrected chi connectivity index (χ1v) is 20.3. The van der Waals surface area contributed by atoms with Crippen LogP contribution in [0.3, 0.4) is 0 Å². The molecule has 10 aromatic carbocycles. The van der Waals surface area contributed by atoms with Gasteiger partial charge in [-0.05, 0) is 94.7 Å². The zero-order chi connectivity index (χ0) is 38.9. The van der Waals surface area contributed by atoms with Gasteiger partial charge in [0.1, 0.15) is 0 Å². The monoisotopic (exact) mass is 751 g/mol. The van der Waals surface area contributed by atoms with Gasteiger partial charge in [-0.15, -0.1) is 0 Å². The van der Waals surface area contributed by atoms with Gasteiger partial charge in [-0.25, -0.2) is 0 Å². The molecule has 0 amide bonds. The Bertz CT molecular complexity index is 3220. The lowest BCUT2D eigenvalue weighted by Gasteiger charge is -2.30. The standard InChI is InChI=1S/C56H37N3/c1-2-16-38(17-3-1)55-47-22-4-6-24-49(47)56(50-25-7-5-23-48(50)55)57(39-30-34-41(35-31-39)58-51-26-12-8-18-43(51)44-19-9-13-27-52(44)58)40-32-36-42(37-33-40)59-53-28-14-10-20-45(53)46-21-11-15-29-54(46)59/h1-37H. The van der Waals surface area contributed by atoms with Crippen LogP contribution in [-0.4, -0.2) is 9.13 Å². The highest BCUT2D eigenvalue weighted by molar-refractivity contribution is 6.22. The number of hydrogen-bond acceptors (Lipinski definition) is 1. The number of nitrogens with zero attached hydrogens (tertiary/aromatic N) is 3. The maximum atomic E-state index is 2.46. The van der Waals surface area contributed by atoms with Crippen molar-refractivity contribution in [3.8, 4) is 22.5 Å². The predicted molar refractivity (Wildman–Crippen MR) is 250 cm³/mol. The fraction of sp³-hybridized carbons (Fsp3) is 0. The number of hydrogen-bond donors (Lipinski definition) is 0. The molecule has 0 bridgehead atoms. The van der Waals surface area contributed by atoms with Crippen molar-refractivity contribution in [3.63, 3.8) is 0 Å². The van der Waals surface area contributed by atoms with Gasteiger partial charge in [-0.1, -0.05) is 152 Å². The molecule has 0 N–H and O–H groups in total. The Morgan fingerprint density at radius 1 is 0.254 bits per heavy atom. The van der Waals surface area contributed by atoms with E-state index in [-0.39, 0.29) is 0 Å². The Morgan fingerprint density at radius 2 is 0.559 bits per heavy atom. The summed E-state index contributed by atoms with van der Waals surface area (Å²) in [5, 5.41) is 9.87. The largest absolute Gasteiger partial charge is 0.309 e. The summed E-state index contributed by atoms with van der Waals surface area (Å²) < 4.78 is 4.78. The SMILES string of the molecule is c1ccc(-c2c3ccccc3c(N(c3ccc(-n4c5ccccc5c5ccccc54)cc3)c3ccc(-n4c5ccccc5c5ccccc54)cc3)c3ccccc23)cc1. The molecule has 59 heavy (non-hydrogen) atoms. The van der Waals surface area contributed by atoms with Gasteiger partial charge in [0.15, 0.2) is 0 Å². The van der Waals surface area contributed by atoms with E-state index >= 15 is 0 Å². The molecule has 0 fully saturated rings. The minimum Gasteiger partial charge on any atom is -0.309 e. The molecule has 0 unspecified atom stereocenters. The van der Waals surface area contributed by atoms with Gasteiger partial charge in [0.05, 0.1) is 27.8 Å². The minimum atomic E-state index is 1.09. The summed E-state index contributed by atoms with van der Waals surface area (Å²) in [6, 6.07) is 81.7. The van der Waals surface area contributed by atoms with Crippen molar-refractivity contribution < 1.29 is 0 Å². The number of aromatic nitrogens is 2. The third kappa shape index (κ3) is 5.15. The molecule has 0 aliphatic heterocycles. The quantitative estimate of drug-likeness (QED) is 0.154. The van der Waals surface area contributed by atoms with Crippen LogP contribution in [0.5, 0.6) is 0 Å². The Hall–Kier alpha value is -7.88. The smallest absolute Gasteiger partial charge is 0.0618 e. The average molecular weight is 752 g/mol. The first kappa shape index (κ1) is 33.3. The fourth-order valence-corrected chi connectivity index (χ4v) is 9.57. The molecule has 3 heteroatoms. The molecule has 2 heterocycles. The Balaban J connectivity index is 1.10. The van der Waals surface area contributed by atoms with E-state index in [1.54, 1.807) is 0 Å². The molecule has 276 valence electrons. The number of rotatable bonds is 6. The highest BCUT2D eigenvalue weighted by atomic mass is 15.1. The van der Waals surface area contributed by atoms with E-state index in [9.17, 15) is 0 Å². The van der Waals surface area contributed by atoms with Gasteiger partial charge in [-0.2, -0.15) is 0 Å². The minimum absolute atomic E-state index is 1.09. The molecular weight excluding hydrogens is 715 g/mol. The van der Waals surface area contributed by atoms with Crippen molar-refractivity contribution in [3.05, 3.63) is 224 Å². The fourth-order valence-electron chi connectivity index (χ4n) is 9.57. The Kier molecular flexibility index (Phi) is 7.54. The van der Waals surface area contributed by atoms with Gasteiger partial charge in [0, 0.05) is 55.1 Å². The number of fused-ring (bicyclic) bond motifs is 8. The van der Waals surface area contributed by atoms with E-state index in [0.29, 0.717) is 0 Å². The Labute approximate surface area is 341 Å². The summed E-state index contributed by atoms with van der Waals surface area (Å²) in [5.41, 5.74) is 12.9. The summed E-state index contributed by atoms with van der Waals surface area (Å²) in [7, 11) is 0. The molecule has 12 aromatic rings. The van der Waals surface area contributed by atoms with Crippen molar-refractivity contribution in [1.82, 2.24) is 9.13 Å². The lowest BCUT2D eigenvalue weighted by Crippen LogP contribution is -2.12. The summed E-state index contributed by atoms with van der Waals surface area (Å²) in [6.45, 7) is 0. The van der Waals surface area contributed by atoms with Gasteiger partial charge < -0.3 is 14.0 Å². The molecule has 2 aromatic heterocycles. The molecule has 3 nitrogen and oxygen atoms in total. The van der Waals surface area contributed by atoms with E-state index in [2.05, 4.69) is 238 Å². The van der Waals surface area contributed by atoms with E-state index in [4.69, 9.17) is 0 Å². The van der Waals surface area contributed by atoms with Crippen LogP contribution in [0.25, 0.3) is 87.7 Å². The summed E-state index contributed by atoms with van der Waals surface area (Å²) >= 11 is 0. The topological polar surface area (TPSA) is 13.1 Å². The number of para-hydroxylation sites is 4. The van der Waals surface area contributed by atoms with Crippen molar-refractivity contribution in [1.29, 1.82) is 0 Å². The second-order valence-electron chi connectivity index (χ2n) is 15.3. The van der Waals surface area contributed by atoms with Crippen LogP contribution < -0.4 is 4.90 Å². The first-order chi connectivity index (χ1) is 29.3. The van der Waals surface area contributed by atoms with E-state index in [1.165, 1.54) is 76.3 Å². The molecule has 0 atom stereocenters.